The summed E-state index contributed by atoms with van der Waals surface area (Å²) in [7, 11) is 1.59. The first-order valence-corrected chi connectivity index (χ1v) is 8.70. The summed E-state index contributed by atoms with van der Waals surface area (Å²) in [6.07, 6.45) is 4.51. The molecule has 0 bridgehead atoms. The second-order valence-electron chi connectivity index (χ2n) is 5.87. The van der Waals surface area contributed by atoms with Gasteiger partial charge < -0.3 is 19.1 Å². The van der Waals surface area contributed by atoms with Crippen molar-refractivity contribution in [2.45, 2.75) is 18.9 Å². The molecule has 0 unspecified atom stereocenters. The number of carbonyl (C=O) groups is 1. The maximum Gasteiger partial charge on any atom is 0.316 e. The van der Waals surface area contributed by atoms with Gasteiger partial charge in [-0.3, -0.25) is 4.79 Å². The van der Waals surface area contributed by atoms with Gasteiger partial charge in [0, 0.05) is 12.6 Å². The van der Waals surface area contributed by atoms with E-state index in [-0.39, 0.29) is 24.6 Å². The van der Waals surface area contributed by atoms with Crippen molar-refractivity contribution in [2.24, 2.45) is 0 Å². The molecule has 1 aliphatic heterocycles. The van der Waals surface area contributed by atoms with E-state index in [1.54, 1.807) is 24.1 Å². The van der Waals surface area contributed by atoms with Crippen LogP contribution in [0.3, 0.4) is 0 Å². The second-order valence-corrected chi connectivity index (χ2v) is 6.31. The zero-order valence-corrected chi connectivity index (χ0v) is 15.2. The number of methoxy groups -OCH3 is 1. The van der Waals surface area contributed by atoms with Crippen LogP contribution in [0, 0.1) is 0 Å². The Morgan fingerprint density at radius 3 is 2.85 bits per heavy atom. The molecule has 7 nitrogen and oxygen atoms in total. The van der Waals surface area contributed by atoms with E-state index in [2.05, 4.69) is 9.97 Å². The van der Waals surface area contributed by atoms with Crippen LogP contribution in [-0.2, 0) is 4.79 Å². The van der Waals surface area contributed by atoms with Gasteiger partial charge in [0.15, 0.2) is 6.61 Å². The Labute approximate surface area is 156 Å². The number of hydrogen-bond acceptors (Lipinski definition) is 6. The van der Waals surface area contributed by atoms with Gasteiger partial charge in [-0.05, 0) is 25.0 Å². The average Bonchev–Trinajstić information content (AvgIpc) is 2.68. The summed E-state index contributed by atoms with van der Waals surface area (Å²) in [5, 5.41) is 0.451. The normalized spacial score (nSPS) is 16.8. The van der Waals surface area contributed by atoms with Gasteiger partial charge in [0.2, 0.25) is 0 Å². The van der Waals surface area contributed by atoms with Crippen LogP contribution in [-0.4, -0.2) is 53.7 Å². The Hall–Kier alpha value is -2.54. The highest BCUT2D eigenvalue weighted by Crippen LogP contribution is 2.20. The van der Waals surface area contributed by atoms with E-state index in [1.165, 1.54) is 12.4 Å². The molecule has 0 radical (unpaired) electrons. The lowest BCUT2D eigenvalue weighted by Gasteiger charge is -2.32. The lowest BCUT2D eigenvalue weighted by molar-refractivity contribution is -0.136. The zero-order valence-electron chi connectivity index (χ0n) is 14.4. The number of likely N-dealkylation sites (tertiary alicyclic amines) is 1. The third-order valence-electron chi connectivity index (χ3n) is 4.00. The Morgan fingerprint density at radius 1 is 1.31 bits per heavy atom. The molecule has 138 valence electrons. The first kappa shape index (κ1) is 18.3. The summed E-state index contributed by atoms with van der Waals surface area (Å²) in [5.74, 6) is 1.19. The van der Waals surface area contributed by atoms with Gasteiger partial charge in [0.1, 0.15) is 17.6 Å². The summed E-state index contributed by atoms with van der Waals surface area (Å²) < 4.78 is 16.5. The molecule has 1 fully saturated rings. The fourth-order valence-electron chi connectivity index (χ4n) is 2.70. The smallest absolute Gasteiger partial charge is 0.316 e. The minimum Gasteiger partial charge on any atom is -0.497 e. The zero-order chi connectivity index (χ0) is 18.4. The second kappa shape index (κ2) is 8.71. The molecule has 0 N–H and O–H groups in total. The number of hydrogen-bond donors (Lipinski definition) is 0. The molecule has 2 aromatic rings. The summed E-state index contributed by atoms with van der Waals surface area (Å²) in [4.78, 5) is 22.2. The summed E-state index contributed by atoms with van der Waals surface area (Å²) in [6.45, 7) is 1.13. The van der Waals surface area contributed by atoms with Gasteiger partial charge in [0.05, 0.1) is 31.1 Å². The number of nitrogens with zero attached hydrogens (tertiary/aromatic N) is 3. The quantitative estimate of drug-likeness (QED) is 0.770. The van der Waals surface area contributed by atoms with E-state index < -0.39 is 0 Å². The molecule has 3 rings (SSSR count). The third-order valence-corrected chi connectivity index (χ3v) is 4.20. The van der Waals surface area contributed by atoms with E-state index in [1.807, 2.05) is 12.1 Å². The van der Waals surface area contributed by atoms with Gasteiger partial charge in [0.25, 0.3) is 5.91 Å². The number of benzene rings is 1. The van der Waals surface area contributed by atoms with E-state index in [4.69, 9.17) is 25.8 Å². The Kier molecular flexibility index (Phi) is 6.12. The lowest BCUT2D eigenvalue weighted by atomic mass is 10.1. The van der Waals surface area contributed by atoms with Crippen molar-refractivity contribution in [1.29, 1.82) is 0 Å². The number of rotatable bonds is 6. The van der Waals surface area contributed by atoms with Crippen LogP contribution < -0.4 is 14.2 Å². The monoisotopic (exact) mass is 377 g/mol. The summed E-state index contributed by atoms with van der Waals surface area (Å²) in [5.41, 5.74) is 0. The molecule has 2 heterocycles. The van der Waals surface area contributed by atoms with Gasteiger partial charge in [-0.2, -0.15) is 0 Å². The minimum absolute atomic E-state index is 0.0304. The number of carbonyl (C=O) groups excluding carboxylic acids is 1. The van der Waals surface area contributed by atoms with Crippen molar-refractivity contribution in [1.82, 2.24) is 14.9 Å². The van der Waals surface area contributed by atoms with Crippen LogP contribution in [0.1, 0.15) is 12.8 Å². The molecule has 1 aromatic carbocycles. The molecule has 1 amide bonds. The SMILES string of the molecule is COc1cccc(OCC(=O)N2CCC[C@@H](Oc3ncc(Cl)cn3)C2)c1. The standard InChI is InChI=1S/C18H20ClN3O4/c1-24-14-4-2-5-15(8-14)25-12-17(23)22-7-3-6-16(11-22)26-18-20-9-13(19)10-21-18/h2,4-5,8-10,16H,3,6-7,11-12H2,1H3/t16-/m1/s1. The van der Waals surface area contributed by atoms with Crippen LogP contribution in [0.15, 0.2) is 36.7 Å². The largest absolute Gasteiger partial charge is 0.497 e. The number of aromatic nitrogens is 2. The van der Waals surface area contributed by atoms with Gasteiger partial charge >= 0.3 is 6.01 Å². The molecule has 1 aromatic heterocycles. The van der Waals surface area contributed by atoms with Gasteiger partial charge in [-0.1, -0.05) is 17.7 Å². The Morgan fingerprint density at radius 2 is 2.08 bits per heavy atom. The first-order chi connectivity index (χ1) is 12.6. The number of amides is 1. The molecule has 1 aliphatic rings. The van der Waals surface area contributed by atoms with Gasteiger partial charge in [-0.15, -0.1) is 0 Å². The third kappa shape index (κ3) is 4.98. The van der Waals surface area contributed by atoms with Crippen molar-refractivity contribution >= 4 is 17.5 Å². The lowest BCUT2D eigenvalue weighted by Crippen LogP contribution is -2.46. The van der Waals surface area contributed by atoms with Crippen LogP contribution in [0.4, 0.5) is 0 Å². The number of piperidine rings is 1. The van der Waals surface area contributed by atoms with Crippen LogP contribution in [0.5, 0.6) is 17.5 Å². The van der Waals surface area contributed by atoms with Crippen molar-refractivity contribution in [3.8, 4) is 17.5 Å². The maximum atomic E-state index is 12.4. The van der Waals surface area contributed by atoms with Crippen molar-refractivity contribution in [2.75, 3.05) is 26.8 Å². The highest BCUT2D eigenvalue weighted by Gasteiger charge is 2.25. The molecule has 0 spiro atoms. The first-order valence-electron chi connectivity index (χ1n) is 8.33. The topological polar surface area (TPSA) is 73.8 Å². The Balaban J connectivity index is 1.51. The molecule has 8 heteroatoms. The van der Waals surface area contributed by atoms with E-state index in [9.17, 15) is 4.79 Å². The highest BCUT2D eigenvalue weighted by atomic mass is 35.5. The van der Waals surface area contributed by atoms with E-state index >= 15 is 0 Å². The van der Waals surface area contributed by atoms with Crippen LogP contribution in [0.2, 0.25) is 5.02 Å². The van der Waals surface area contributed by atoms with Crippen molar-refractivity contribution in [3.63, 3.8) is 0 Å². The van der Waals surface area contributed by atoms with Crippen LogP contribution in [0.25, 0.3) is 0 Å². The highest BCUT2D eigenvalue weighted by molar-refractivity contribution is 6.30. The molecule has 1 saturated heterocycles. The molecule has 0 saturated carbocycles. The minimum atomic E-state index is -0.148. The summed E-state index contributed by atoms with van der Waals surface area (Å²) >= 11 is 5.77. The van der Waals surface area contributed by atoms with Gasteiger partial charge in [-0.25, -0.2) is 9.97 Å². The molecule has 0 aliphatic carbocycles. The predicted octanol–water partition coefficient (Wildman–Crippen LogP) is 2.59. The number of ether oxygens (including phenoxy) is 3. The maximum absolute atomic E-state index is 12.4. The van der Waals surface area contributed by atoms with Crippen molar-refractivity contribution in [3.05, 3.63) is 41.7 Å². The van der Waals surface area contributed by atoms with Crippen LogP contribution >= 0.6 is 11.6 Å². The van der Waals surface area contributed by atoms with E-state index in [0.29, 0.717) is 29.6 Å². The molecule has 1 atom stereocenters. The molecular weight excluding hydrogens is 358 g/mol. The molecule has 26 heavy (non-hydrogen) atoms. The Bertz CT molecular complexity index is 741. The molecular formula is C18H20ClN3O4. The fourth-order valence-corrected chi connectivity index (χ4v) is 2.80. The average molecular weight is 378 g/mol. The van der Waals surface area contributed by atoms with Crippen molar-refractivity contribution < 1.29 is 19.0 Å². The van der Waals surface area contributed by atoms with E-state index in [0.717, 1.165) is 12.8 Å². The fraction of sp³-hybridized carbons (Fsp3) is 0.389. The predicted molar refractivity (Wildman–Crippen MR) is 95.8 cm³/mol. The number of halogens is 1. The summed E-state index contributed by atoms with van der Waals surface area (Å²) in [6, 6.07) is 7.43.